The lowest BCUT2D eigenvalue weighted by Gasteiger charge is -2.15. The first kappa shape index (κ1) is 16.2. The number of ether oxygens (including phenoxy) is 1. The molecule has 0 aliphatic rings. The summed E-state index contributed by atoms with van der Waals surface area (Å²) in [5, 5.41) is 4.62. The summed E-state index contributed by atoms with van der Waals surface area (Å²) in [6, 6.07) is 9.38. The topological polar surface area (TPSA) is 55.4 Å². The Bertz CT molecular complexity index is 665. The standard InChI is InChI=1S/C17H19NO3S/c1-11-6-7-14(9-12(11)2)13(3)18-16(19)10-21-17(20)15-5-4-8-22-15/h4-9,13H,10H2,1-3H3,(H,18,19)/t13-/m0/s1. The summed E-state index contributed by atoms with van der Waals surface area (Å²) in [5.74, 6) is -0.778. The van der Waals surface area contributed by atoms with Gasteiger partial charge in [0.15, 0.2) is 6.61 Å². The number of benzene rings is 1. The third kappa shape index (κ3) is 4.18. The van der Waals surface area contributed by atoms with Gasteiger partial charge in [-0.2, -0.15) is 0 Å². The van der Waals surface area contributed by atoms with Gasteiger partial charge in [0.1, 0.15) is 4.88 Å². The van der Waals surface area contributed by atoms with Crippen molar-refractivity contribution in [1.29, 1.82) is 0 Å². The fourth-order valence-electron chi connectivity index (χ4n) is 2.00. The van der Waals surface area contributed by atoms with E-state index in [2.05, 4.69) is 11.4 Å². The fraction of sp³-hybridized carbons (Fsp3) is 0.294. The Morgan fingerprint density at radius 3 is 2.64 bits per heavy atom. The Labute approximate surface area is 134 Å². The van der Waals surface area contributed by atoms with Gasteiger partial charge in [0.25, 0.3) is 5.91 Å². The molecule has 1 aromatic carbocycles. The molecule has 5 heteroatoms. The van der Waals surface area contributed by atoms with Gasteiger partial charge in [0.05, 0.1) is 6.04 Å². The van der Waals surface area contributed by atoms with Crippen molar-refractivity contribution < 1.29 is 14.3 Å². The molecule has 1 aromatic heterocycles. The highest BCUT2D eigenvalue weighted by atomic mass is 32.1. The second-order valence-electron chi connectivity index (χ2n) is 5.19. The third-order valence-electron chi connectivity index (χ3n) is 3.47. The van der Waals surface area contributed by atoms with Gasteiger partial charge in [-0.1, -0.05) is 24.3 Å². The molecular formula is C17H19NO3S. The van der Waals surface area contributed by atoms with E-state index in [9.17, 15) is 9.59 Å². The van der Waals surface area contributed by atoms with Gasteiger partial charge in [-0.15, -0.1) is 11.3 Å². The van der Waals surface area contributed by atoms with Crippen molar-refractivity contribution in [2.45, 2.75) is 26.8 Å². The summed E-state index contributed by atoms with van der Waals surface area (Å²) in [6.07, 6.45) is 0. The Balaban J connectivity index is 1.86. The van der Waals surface area contributed by atoms with Crippen LogP contribution in [0.1, 0.15) is 39.3 Å². The molecule has 0 saturated carbocycles. The van der Waals surface area contributed by atoms with Gasteiger partial charge < -0.3 is 10.1 Å². The zero-order valence-corrected chi connectivity index (χ0v) is 13.7. The molecule has 0 aliphatic carbocycles. The van der Waals surface area contributed by atoms with Gasteiger partial charge in [-0.05, 0) is 48.9 Å². The summed E-state index contributed by atoms with van der Waals surface area (Å²) in [5.41, 5.74) is 3.43. The molecule has 1 heterocycles. The fourth-order valence-corrected chi connectivity index (χ4v) is 2.61. The highest BCUT2D eigenvalue weighted by Crippen LogP contribution is 2.16. The maximum Gasteiger partial charge on any atom is 0.348 e. The van der Waals surface area contributed by atoms with E-state index in [1.54, 1.807) is 17.5 Å². The van der Waals surface area contributed by atoms with E-state index in [0.29, 0.717) is 4.88 Å². The molecule has 0 spiro atoms. The molecule has 1 N–H and O–H groups in total. The quantitative estimate of drug-likeness (QED) is 0.860. The number of nitrogens with one attached hydrogen (secondary N) is 1. The van der Waals surface area contributed by atoms with Crippen LogP contribution in [0.25, 0.3) is 0 Å². The van der Waals surface area contributed by atoms with Crippen LogP contribution in [0.2, 0.25) is 0 Å². The van der Waals surface area contributed by atoms with Crippen molar-refractivity contribution in [3.05, 3.63) is 57.3 Å². The number of thiophene rings is 1. The summed E-state index contributed by atoms with van der Waals surface area (Å²) in [4.78, 5) is 24.0. The Hall–Kier alpha value is -2.14. The first-order chi connectivity index (χ1) is 10.5. The Kier molecular flexibility index (Phi) is 5.33. The lowest BCUT2D eigenvalue weighted by Crippen LogP contribution is -2.31. The minimum absolute atomic E-state index is 0.132. The van der Waals surface area contributed by atoms with Crippen LogP contribution in [0.3, 0.4) is 0 Å². The van der Waals surface area contributed by atoms with E-state index >= 15 is 0 Å². The second-order valence-corrected chi connectivity index (χ2v) is 6.13. The number of carbonyl (C=O) groups is 2. The van der Waals surface area contributed by atoms with E-state index in [0.717, 1.165) is 5.56 Å². The molecule has 1 atom stereocenters. The number of amides is 1. The predicted molar refractivity (Wildman–Crippen MR) is 87.1 cm³/mol. The van der Waals surface area contributed by atoms with Crippen molar-refractivity contribution in [2.24, 2.45) is 0 Å². The second kappa shape index (κ2) is 7.22. The van der Waals surface area contributed by atoms with E-state index in [4.69, 9.17) is 4.74 Å². The smallest absolute Gasteiger partial charge is 0.348 e. The number of carbonyl (C=O) groups excluding carboxylic acids is 2. The van der Waals surface area contributed by atoms with E-state index in [-0.39, 0.29) is 18.6 Å². The van der Waals surface area contributed by atoms with Gasteiger partial charge >= 0.3 is 5.97 Å². The summed E-state index contributed by atoms with van der Waals surface area (Å²) >= 11 is 1.29. The van der Waals surface area contributed by atoms with Crippen molar-refractivity contribution >= 4 is 23.2 Å². The van der Waals surface area contributed by atoms with Crippen molar-refractivity contribution in [2.75, 3.05) is 6.61 Å². The molecular weight excluding hydrogens is 298 g/mol. The normalized spacial score (nSPS) is 11.8. The minimum Gasteiger partial charge on any atom is -0.451 e. The predicted octanol–water partition coefficient (Wildman–Crippen LogP) is 3.40. The zero-order chi connectivity index (χ0) is 16.1. The molecule has 2 rings (SSSR count). The molecule has 2 aromatic rings. The average Bonchev–Trinajstić information content (AvgIpc) is 3.02. The third-order valence-corrected chi connectivity index (χ3v) is 4.32. The summed E-state index contributed by atoms with van der Waals surface area (Å²) < 4.78 is 4.99. The van der Waals surface area contributed by atoms with Gasteiger partial charge in [0, 0.05) is 0 Å². The minimum atomic E-state index is -0.469. The molecule has 4 nitrogen and oxygen atoms in total. The summed E-state index contributed by atoms with van der Waals surface area (Å²) in [7, 11) is 0. The van der Waals surface area contributed by atoms with E-state index < -0.39 is 5.97 Å². The first-order valence-corrected chi connectivity index (χ1v) is 7.92. The molecule has 22 heavy (non-hydrogen) atoms. The Morgan fingerprint density at radius 1 is 1.23 bits per heavy atom. The number of esters is 1. The molecule has 0 fully saturated rings. The van der Waals surface area contributed by atoms with Gasteiger partial charge in [-0.25, -0.2) is 4.79 Å². The summed E-state index contributed by atoms with van der Waals surface area (Å²) in [6.45, 7) is 5.72. The molecule has 0 aliphatic heterocycles. The molecule has 0 radical (unpaired) electrons. The van der Waals surface area contributed by atoms with Crippen molar-refractivity contribution in [3.63, 3.8) is 0 Å². The number of hydrogen-bond acceptors (Lipinski definition) is 4. The highest BCUT2D eigenvalue weighted by Gasteiger charge is 2.14. The maximum absolute atomic E-state index is 11.9. The van der Waals surface area contributed by atoms with Gasteiger partial charge in [0.2, 0.25) is 0 Å². The monoisotopic (exact) mass is 317 g/mol. The number of aryl methyl sites for hydroxylation is 2. The maximum atomic E-state index is 11.9. The lowest BCUT2D eigenvalue weighted by atomic mass is 10.0. The van der Waals surface area contributed by atoms with Gasteiger partial charge in [-0.3, -0.25) is 4.79 Å². The molecule has 0 saturated heterocycles. The van der Waals surface area contributed by atoms with Crippen LogP contribution < -0.4 is 5.32 Å². The van der Waals surface area contributed by atoms with Crippen molar-refractivity contribution in [1.82, 2.24) is 5.32 Å². The first-order valence-electron chi connectivity index (χ1n) is 7.04. The molecule has 0 unspecified atom stereocenters. The van der Waals surface area contributed by atoms with Crippen LogP contribution in [0, 0.1) is 13.8 Å². The molecule has 0 bridgehead atoms. The van der Waals surface area contributed by atoms with Crippen LogP contribution in [-0.4, -0.2) is 18.5 Å². The zero-order valence-electron chi connectivity index (χ0n) is 12.9. The van der Waals surface area contributed by atoms with Crippen LogP contribution >= 0.6 is 11.3 Å². The van der Waals surface area contributed by atoms with Crippen LogP contribution in [0.4, 0.5) is 0 Å². The number of rotatable bonds is 5. The average molecular weight is 317 g/mol. The van der Waals surface area contributed by atoms with Crippen LogP contribution in [-0.2, 0) is 9.53 Å². The SMILES string of the molecule is Cc1ccc([C@H](C)NC(=O)COC(=O)c2cccs2)cc1C. The van der Waals surface area contributed by atoms with Crippen LogP contribution in [0.5, 0.6) is 0 Å². The van der Waals surface area contributed by atoms with Crippen molar-refractivity contribution in [3.8, 4) is 0 Å². The number of hydrogen-bond donors (Lipinski definition) is 1. The lowest BCUT2D eigenvalue weighted by molar-refractivity contribution is -0.124. The largest absolute Gasteiger partial charge is 0.451 e. The highest BCUT2D eigenvalue weighted by molar-refractivity contribution is 7.11. The molecule has 116 valence electrons. The van der Waals surface area contributed by atoms with Crippen LogP contribution in [0.15, 0.2) is 35.7 Å². The van der Waals surface area contributed by atoms with E-state index in [1.165, 1.54) is 22.5 Å². The molecule has 1 amide bonds. The Morgan fingerprint density at radius 2 is 2.00 bits per heavy atom. The van der Waals surface area contributed by atoms with E-state index in [1.807, 2.05) is 32.9 Å².